The van der Waals surface area contributed by atoms with Crippen LogP contribution in [0.25, 0.3) is 11.0 Å². The summed E-state index contributed by atoms with van der Waals surface area (Å²) in [4.78, 5) is 28.8. The van der Waals surface area contributed by atoms with Crippen LogP contribution in [0.15, 0.2) is 47.8 Å². The van der Waals surface area contributed by atoms with Crippen molar-refractivity contribution in [3.05, 3.63) is 48.3 Å². The summed E-state index contributed by atoms with van der Waals surface area (Å²) in [5.41, 5.74) is 2.30. The number of ether oxygens (including phenoxy) is 1. The Morgan fingerprint density at radius 1 is 1.23 bits per heavy atom. The number of imidazole rings is 1. The number of imide groups is 1. The van der Waals surface area contributed by atoms with E-state index >= 15 is 0 Å². The molecular weight excluding hydrogens is 352 g/mol. The first-order valence-electron chi connectivity index (χ1n) is 8.12. The van der Waals surface area contributed by atoms with Crippen molar-refractivity contribution in [2.24, 2.45) is 7.05 Å². The minimum absolute atomic E-state index is 0.104. The zero-order chi connectivity index (χ0) is 18.5. The first-order valence-corrected chi connectivity index (χ1v) is 9.11. The third kappa shape index (κ3) is 3.97. The molecule has 0 radical (unpaired) electrons. The molecule has 7 nitrogen and oxygen atoms in total. The molecule has 26 heavy (non-hydrogen) atoms. The molecule has 0 aliphatic carbocycles. The number of fused-ring (bicyclic) bond motifs is 1. The van der Waals surface area contributed by atoms with Gasteiger partial charge in [-0.2, -0.15) is 0 Å². The third-order valence-corrected chi connectivity index (χ3v) is 4.88. The Morgan fingerprint density at radius 3 is 2.77 bits per heavy atom. The predicted molar refractivity (Wildman–Crippen MR) is 100 cm³/mol. The standard InChI is InChI=1S/C18H20N4O3S/c1-21-9-5-8-15(21)17(24)20-16(23)12-26-18-19-13-6-3-4-7-14(13)22(18)10-11-25-2/h3-9H,10-12H2,1-2H3,(H,20,23,24). The molecule has 0 fully saturated rings. The molecule has 0 bridgehead atoms. The van der Waals surface area contributed by atoms with Crippen molar-refractivity contribution >= 4 is 34.6 Å². The molecule has 0 saturated carbocycles. The fourth-order valence-electron chi connectivity index (χ4n) is 2.62. The summed E-state index contributed by atoms with van der Waals surface area (Å²) in [6.45, 7) is 1.19. The molecule has 1 N–H and O–H groups in total. The quantitative estimate of drug-likeness (QED) is 0.643. The molecule has 0 aliphatic rings. The Bertz CT molecular complexity index is 932. The number of aryl methyl sites for hydroxylation is 1. The van der Waals surface area contributed by atoms with Crippen LogP contribution in [0.2, 0.25) is 0 Å². The van der Waals surface area contributed by atoms with Crippen molar-refractivity contribution in [1.82, 2.24) is 19.4 Å². The largest absolute Gasteiger partial charge is 0.383 e. The highest BCUT2D eigenvalue weighted by Gasteiger charge is 2.16. The number of rotatable bonds is 7. The van der Waals surface area contributed by atoms with E-state index in [-0.39, 0.29) is 11.7 Å². The van der Waals surface area contributed by atoms with Gasteiger partial charge in [0.1, 0.15) is 5.69 Å². The lowest BCUT2D eigenvalue weighted by molar-refractivity contribution is -0.117. The van der Waals surface area contributed by atoms with E-state index in [0.29, 0.717) is 18.8 Å². The molecule has 2 aromatic heterocycles. The van der Waals surface area contributed by atoms with Crippen molar-refractivity contribution in [3.8, 4) is 0 Å². The van der Waals surface area contributed by atoms with Crippen molar-refractivity contribution < 1.29 is 14.3 Å². The zero-order valence-electron chi connectivity index (χ0n) is 14.6. The average molecular weight is 372 g/mol. The number of aromatic nitrogens is 3. The molecule has 1 aromatic carbocycles. The maximum Gasteiger partial charge on any atom is 0.274 e. The molecule has 3 aromatic rings. The van der Waals surface area contributed by atoms with Gasteiger partial charge in [0.15, 0.2) is 5.16 Å². The minimum Gasteiger partial charge on any atom is -0.383 e. The number of para-hydroxylation sites is 2. The van der Waals surface area contributed by atoms with Gasteiger partial charge < -0.3 is 13.9 Å². The summed E-state index contributed by atoms with van der Waals surface area (Å²) in [6, 6.07) is 11.2. The van der Waals surface area contributed by atoms with E-state index in [4.69, 9.17) is 4.74 Å². The number of benzene rings is 1. The second-order valence-corrected chi connectivity index (χ2v) is 6.64. The summed E-state index contributed by atoms with van der Waals surface area (Å²) in [7, 11) is 3.40. The number of thioether (sulfide) groups is 1. The normalized spacial score (nSPS) is 11.0. The molecule has 8 heteroatoms. The Morgan fingerprint density at radius 2 is 2.04 bits per heavy atom. The van der Waals surface area contributed by atoms with Gasteiger partial charge in [-0.05, 0) is 24.3 Å². The molecule has 0 saturated heterocycles. The first kappa shape index (κ1) is 18.2. The van der Waals surface area contributed by atoms with Crippen molar-refractivity contribution in [3.63, 3.8) is 0 Å². The van der Waals surface area contributed by atoms with Crippen LogP contribution >= 0.6 is 11.8 Å². The lowest BCUT2D eigenvalue weighted by Crippen LogP contribution is -2.33. The molecule has 0 atom stereocenters. The van der Waals surface area contributed by atoms with Crippen LogP contribution in [0.4, 0.5) is 0 Å². The van der Waals surface area contributed by atoms with Crippen LogP contribution in [0.1, 0.15) is 10.5 Å². The third-order valence-electron chi connectivity index (χ3n) is 3.90. The van der Waals surface area contributed by atoms with Crippen LogP contribution in [-0.4, -0.2) is 45.4 Å². The van der Waals surface area contributed by atoms with Gasteiger partial charge in [-0.15, -0.1) is 0 Å². The van der Waals surface area contributed by atoms with Crippen LogP contribution in [0, 0.1) is 0 Å². The number of hydrogen-bond donors (Lipinski definition) is 1. The molecule has 3 rings (SSSR count). The second-order valence-electron chi connectivity index (χ2n) is 5.70. The Labute approximate surface area is 155 Å². The van der Waals surface area contributed by atoms with Gasteiger partial charge in [0.05, 0.1) is 23.4 Å². The van der Waals surface area contributed by atoms with Gasteiger partial charge in [0, 0.05) is 26.9 Å². The van der Waals surface area contributed by atoms with Gasteiger partial charge in [-0.1, -0.05) is 23.9 Å². The van der Waals surface area contributed by atoms with Crippen LogP contribution < -0.4 is 5.32 Å². The van der Waals surface area contributed by atoms with Crippen LogP contribution in [0.5, 0.6) is 0 Å². The highest BCUT2D eigenvalue weighted by Crippen LogP contribution is 2.23. The summed E-state index contributed by atoms with van der Waals surface area (Å²) in [6.07, 6.45) is 1.76. The Balaban J connectivity index is 1.68. The molecule has 0 aliphatic heterocycles. The Kier molecular flexibility index (Phi) is 5.75. The van der Waals surface area contributed by atoms with E-state index in [1.807, 2.05) is 28.8 Å². The summed E-state index contributed by atoms with van der Waals surface area (Å²) >= 11 is 1.30. The van der Waals surface area contributed by atoms with E-state index in [2.05, 4.69) is 10.3 Å². The van der Waals surface area contributed by atoms with E-state index in [0.717, 1.165) is 16.2 Å². The number of carbonyl (C=O) groups excluding carboxylic acids is 2. The zero-order valence-corrected chi connectivity index (χ0v) is 15.5. The van der Waals surface area contributed by atoms with E-state index in [1.54, 1.807) is 37.1 Å². The predicted octanol–water partition coefficient (Wildman–Crippen LogP) is 2.07. The monoisotopic (exact) mass is 372 g/mol. The molecule has 2 amide bonds. The topological polar surface area (TPSA) is 78.1 Å². The summed E-state index contributed by atoms with van der Waals surface area (Å²) < 4.78 is 8.86. The molecule has 0 unspecified atom stereocenters. The van der Waals surface area contributed by atoms with Gasteiger partial charge in [-0.25, -0.2) is 4.98 Å². The maximum absolute atomic E-state index is 12.2. The lowest BCUT2D eigenvalue weighted by Gasteiger charge is -2.08. The molecular formula is C18H20N4O3S. The second kappa shape index (κ2) is 8.20. The van der Waals surface area contributed by atoms with Crippen LogP contribution in [-0.2, 0) is 23.1 Å². The highest BCUT2D eigenvalue weighted by atomic mass is 32.2. The first-order chi connectivity index (χ1) is 12.6. The van der Waals surface area contributed by atoms with Gasteiger partial charge in [0.2, 0.25) is 5.91 Å². The smallest absolute Gasteiger partial charge is 0.274 e. The number of carbonyl (C=O) groups is 2. The van der Waals surface area contributed by atoms with E-state index < -0.39 is 5.91 Å². The van der Waals surface area contributed by atoms with E-state index in [9.17, 15) is 9.59 Å². The minimum atomic E-state index is -0.406. The molecule has 2 heterocycles. The lowest BCUT2D eigenvalue weighted by atomic mass is 10.3. The fraction of sp³-hybridized carbons (Fsp3) is 0.278. The van der Waals surface area contributed by atoms with Crippen LogP contribution in [0.3, 0.4) is 0 Å². The number of nitrogens with zero attached hydrogens (tertiary/aromatic N) is 3. The SMILES string of the molecule is COCCn1c(SCC(=O)NC(=O)c2cccn2C)nc2ccccc21. The fourth-order valence-corrected chi connectivity index (χ4v) is 3.46. The number of hydrogen-bond acceptors (Lipinski definition) is 5. The number of amides is 2. The number of methoxy groups -OCH3 is 1. The summed E-state index contributed by atoms with van der Waals surface area (Å²) in [5.74, 6) is -0.658. The van der Waals surface area contributed by atoms with Crippen molar-refractivity contribution in [2.75, 3.05) is 19.5 Å². The van der Waals surface area contributed by atoms with Gasteiger partial charge in [0.25, 0.3) is 5.91 Å². The number of nitrogens with one attached hydrogen (secondary N) is 1. The Hall–Kier alpha value is -2.58. The highest BCUT2D eigenvalue weighted by molar-refractivity contribution is 7.99. The maximum atomic E-state index is 12.2. The molecule has 136 valence electrons. The summed E-state index contributed by atoms with van der Waals surface area (Å²) in [5, 5.41) is 3.14. The van der Waals surface area contributed by atoms with Gasteiger partial charge >= 0.3 is 0 Å². The van der Waals surface area contributed by atoms with Gasteiger partial charge in [-0.3, -0.25) is 14.9 Å². The van der Waals surface area contributed by atoms with E-state index in [1.165, 1.54) is 11.8 Å². The van der Waals surface area contributed by atoms with Crippen molar-refractivity contribution in [2.45, 2.75) is 11.7 Å². The molecule has 0 spiro atoms. The average Bonchev–Trinajstić information content (AvgIpc) is 3.21. The van der Waals surface area contributed by atoms with Crippen molar-refractivity contribution in [1.29, 1.82) is 0 Å².